The summed E-state index contributed by atoms with van der Waals surface area (Å²) in [5.41, 5.74) is 7.68. The number of carbonyl (C=O) groups excluding carboxylic acids is 2. The molecular formula is C17H20N2O4. The maximum absolute atomic E-state index is 12.4. The van der Waals surface area contributed by atoms with Crippen LogP contribution in [0.25, 0.3) is 10.9 Å². The number of esters is 1. The quantitative estimate of drug-likeness (QED) is 0.629. The molecular weight excluding hydrogens is 296 g/mol. The van der Waals surface area contributed by atoms with Crippen molar-refractivity contribution in [2.45, 2.75) is 25.7 Å². The zero-order chi connectivity index (χ0) is 16.6. The lowest BCUT2D eigenvalue weighted by molar-refractivity contribution is -0.148. The van der Waals surface area contributed by atoms with Gasteiger partial charge in [0.2, 0.25) is 5.91 Å². The summed E-state index contributed by atoms with van der Waals surface area (Å²) >= 11 is 0. The molecule has 0 aliphatic heterocycles. The summed E-state index contributed by atoms with van der Waals surface area (Å²) < 4.78 is 10.6. The van der Waals surface area contributed by atoms with Gasteiger partial charge >= 0.3 is 5.97 Å². The Kier molecular flexibility index (Phi) is 3.98. The fraction of sp³-hybridized carbons (Fsp3) is 0.412. The summed E-state index contributed by atoms with van der Waals surface area (Å²) in [6.07, 6.45) is 3.78. The summed E-state index contributed by atoms with van der Waals surface area (Å²) in [6.45, 7) is 2.24. The average molecular weight is 316 g/mol. The van der Waals surface area contributed by atoms with Crippen LogP contribution in [-0.4, -0.2) is 30.6 Å². The molecule has 3 N–H and O–H groups in total. The number of nitrogens with two attached hydrogens (primary N) is 1. The minimum atomic E-state index is -1.12. The highest BCUT2D eigenvalue weighted by Crippen LogP contribution is 2.34. The molecule has 1 heterocycles. The highest BCUT2D eigenvalue weighted by molar-refractivity contribution is 6.07. The number of fused-ring (bicyclic) bond motifs is 1. The predicted octanol–water partition coefficient (Wildman–Crippen LogP) is 2.01. The van der Waals surface area contributed by atoms with Crippen molar-refractivity contribution in [3.8, 4) is 5.75 Å². The van der Waals surface area contributed by atoms with Gasteiger partial charge in [0.1, 0.15) is 5.75 Å². The molecule has 1 aromatic heterocycles. The van der Waals surface area contributed by atoms with E-state index in [0.717, 1.165) is 29.3 Å². The largest absolute Gasteiger partial charge is 0.496 e. The number of benzene rings is 1. The second-order valence-corrected chi connectivity index (χ2v) is 5.97. The van der Waals surface area contributed by atoms with Gasteiger partial charge in [-0.3, -0.25) is 9.59 Å². The Bertz CT molecular complexity index is 761. The van der Waals surface area contributed by atoms with Crippen LogP contribution >= 0.6 is 0 Å². The Morgan fingerprint density at radius 1 is 1.39 bits per heavy atom. The first kappa shape index (κ1) is 15.4. The lowest BCUT2D eigenvalue weighted by atomic mass is 9.95. The number of H-pyrrole nitrogens is 1. The van der Waals surface area contributed by atoms with Crippen LogP contribution in [-0.2, 0) is 14.3 Å². The maximum Gasteiger partial charge on any atom is 0.323 e. The third kappa shape index (κ3) is 2.88. The van der Waals surface area contributed by atoms with Crippen molar-refractivity contribution in [2.75, 3.05) is 13.7 Å². The minimum Gasteiger partial charge on any atom is -0.496 e. The number of amides is 1. The third-order valence-electron chi connectivity index (χ3n) is 4.30. The number of carbonyl (C=O) groups is 2. The van der Waals surface area contributed by atoms with E-state index in [1.165, 1.54) is 0 Å². The summed E-state index contributed by atoms with van der Waals surface area (Å²) in [6, 6.07) is 3.68. The Labute approximate surface area is 133 Å². The molecule has 1 saturated carbocycles. The van der Waals surface area contributed by atoms with E-state index in [4.69, 9.17) is 15.2 Å². The van der Waals surface area contributed by atoms with Gasteiger partial charge in [-0.05, 0) is 37.8 Å². The van der Waals surface area contributed by atoms with Crippen molar-refractivity contribution in [1.29, 1.82) is 0 Å². The van der Waals surface area contributed by atoms with Crippen molar-refractivity contribution >= 4 is 22.8 Å². The lowest BCUT2D eigenvalue weighted by Gasteiger charge is -2.14. The van der Waals surface area contributed by atoms with E-state index in [0.29, 0.717) is 23.8 Å². The Balaban J connectivity index is 2.00. The van der Waals surface area contributed by atoms with Gasteiger partial charge in [-0.2, -0.15) is 0 Å². The Morgan fingerprint density at radius 2 is 2.13 bits per heavy atom. The smallest absolute Gasteiger partial charge is 0.323 e. The highest BCUT2D eigenvalue weighted by atomic mass is 16.5. The van der Waals surface area contributed by atoms with Gasteiger partial charge in [0.15, 0.2) is 5.92 Å². The molecule has 1 aliphatic rings. The van der Waals surface area contributed by atoms with Crippen LogP contribution in [0.3, 0.4) is 0 Å². The summed E-state index contributed by atoms with van der Waals surface area (Å²) in [5, 5.41) is 0.775. The monoisotopic (exact) mass is 316 g/mol. The highest BCUT2D eigenvalue weighted by Gasteiger charge is 2.33. The number of aromatic nitrogens is 1. The van der Waals surface area contributed by atoms with Crippen LogP contribution in [0.15, 0.2) is 18.3 Å². The summed E-state index contributed by atoms with van der Waals surface area (Å²) in [5.74, 6) is -1.31. The summed E-state index contributed by atoms with van der Waals surface area (Å²) in [7, 11) is 1.58. The van der Waals surface area contributed by atoms with E-state index in [-0.39, 0.29) is 0 Å². The Hall–Kier alpha value is -2.50. The number of hydrogen-bond donors (Lipinski definition) is 2. The predicted molar refractivity (Wildman–Crippen MR) is 85.2 cm³/mol. The van der Waals surface area contributed by atoms with Gasteiger partial charge in [0.05, 0.1) is 13.7 Å². The zero-order valence-corrected chi connectivity index (χ0v) is 13.2. The van der Waals surface area contributed by atoms with Gasteiger partial charge in [0.25, 0.3) is 0 Å². The van der Waals surface area contributed by atoms with Crippen molar-refractivity contribution in [2.24, 2.45) is 11.7 Å². The molecule has 1 amide bonds. The van der Waals surface area contributed by atoms with Gasteiger partial charge in [-0.15, -0.1) is 0 Å². The van der Waals surface area contributed by atoms with Gasteiger partial charge in [-0.25, -0.2) is 0 Å². The minimum absolute atomic E-state index is 0.354. The summed E-state index contributed by atoms with van der Waals surface area (Å²) in [4.78, 5) is 27.3. The second kappa shape index (κ2) is 5.95. The molecule has 6 nitrogen and oxygen atoms in total. The number of rotatable bonds is 6. The molecule has 0 spiro atoms. The topological polar surface area (TPSA) is 94.4 Å². The Morgan fingerprint density at radius 3 is 2.74 bits per heavy atom. The molecule has 6 heteroatoms. The van der Waals surface area contributed by atoms with Crippen LogP contribution in [0.5, 0.6) is 5.75 Å². The van der Waals surface area contributed by atoms with Crippen molar-refractivity contribution < 1.29 is 19.1 Å². The first-order valence-electron chi connectivity index (χ1n) is 7.63. The number of aryl methyl sites for hydroxylation is 1. The molecule has 2 aromatic rings. The average Bonchev–Trinajstić information content (AvgIpc) is 3.25. The molecule has 0 saturated heterocycles. The molecule has 3 rings (SSSR count). The number of hydrogen-bond acceptors (Lipinski definition) is 4. The lowest BCUT2D eigenvalue weighted by Crippen LogP contribution is -2.30. The van der Waals surface area contributed by atoms with Gasteiger partial charge < -0.3 is 20.2 Å². The molecule has 1 aromatic carbocycles. The SMILES string of the molecule is COc1ccc2[nH]cc(C(C(N)=O)C(=O)OCC3CC3)c2c1C. The zero-order valence-electron chi connectivity index (χ0n) is 13.2. The molecule has 0 bridgehead atoms. The van der Waals surface area contributed by atoms with Gasteiger partial charge in [-0.1, -0.05) is 0 Å². The fourth-order valence-corrected chi connectivity index (χ4v) is 2.83. The van der Waals surface area contributed by atoms with Crippen molar-refractivity contribution in [3.05, 3.63) is 29.5 Å². The standard InChI is InChI=1S/C17H20N2O4/c1-9-13(22-2)6-5-12-14(9)11(7-19-12)15(16(18)20)17(21)23-8-10-3-4-10/h5-7,10,15,19H,3-4,8H2,1-2H3,(H2,18,20). The number of aromatic amines is 1. The van der Waals surface area contributed by atoms with Crippen LogP contribution in [0, 0.1) is 12.8 Å². The first-order valence-corrected chi connectivity index (χ1v) is 7.63. The van der Waals surface area contributed by atoms with Crippen molar-refractivity contribution in [3.63, 3.8) is 0 Å². The van der Waals surface area contributed by atoms with E-state index in [2.05, 4.69) is 4.98 Å². The second-order valence-electron chi connectivity index (χ2n) is 5.97. The first-order chi connectivity index (χ1) is 11.0. The van der Waals surface area contributed by atoms with Crippen LogP contribution in [0.4, 0.5) is 0 Å². The molecule has 1 unspecified atom stereocenters. The molecule has 1 fully saturated rings. The maximum atomic E-state index is 12.4. The van der Waals surface area contributed by atoms with Gasteiger partial charge in [0, 0.05) is 28.2 Å². The normalized spacial score (nSPS) is 15.4. The molecule has 1 aliphatic carbocycles. The number of nitrogens with one attached hydrogen (secondary N) is 1. The molecule has 23 heavy (non-hydrogen) atoms. The van der Waals surface area contributed by atoms with Crippen molar-refractivity contribution in [1.82, 2.24) is 4.98 Å². The van der Waals surface area contributed by atoms with E-state index in [1.54, 1.807) is 13.3 Å². The number of ether oxygens (including phenoxy) is 2. The number of primary amides is 1. The molecule has 0 radical (unpaired) electrons. The van der Waals surface area contributed by atoms with E-state index in [9.17, 15) is 9.59 Å². The molecule has 1 atom stereocenters. The molecule has 122 valence electrons. The number of methoxy groups -OCH3 is 1. The van der Waals surface area contributed by atoms with Crippen LogP contribution in [0.2, 0.25) is 0 Å². The third-order valence-corrected chi connectivity index (χ3v) is 4.30. The van der Waals surface area contributed by atoms with E-state index < -0.39 is 17.8 Å². The van der Waals surface area contributed by atoms with Crippen LogP contribution < -0.4 is 10.5 Å². The fourth-order valence-electron chi connectivity index (χ4n) is 2.83. The van der Waals surface area contributed by atoms with Crippen LogP contribution in [0.1, 0.15) is 29.9 Å². The van der Waals surface area contributed by atoms with E-state index in [1.807, 2.05) is 19.1 Å². The van der Waals surface area contributed by atoms with E-state index >= 15 is 0 Å².